The van der Waals surface area contributed by atoms with Crippen molar-refractivity contribution in [3.05, 3.63) is 29.8 Å². The molecule has 1 saturated carbocycles. The third kappa shape index (κ3) is 5.05. The molecule has 21 heavy (non-hydrogen) atoms. The van der Waals surface area contributed by atoms with Gasteiger partial charge in [-0.2, -0.15) is 0 Å². The first-order valence-corrected chi connectivity index (χ1v) is 7.73. The summed E-state index contributed by atoms with van der Waals surface area (Å²) in [6.07, 6.45) is 2.43. The van der Waals surface area contributed by atoms with Crippen LogP contribution in [0.4, 0.5) is 0 Å². The van der Waals surface area contributed by atoms with Crippen LogP contribution >= 0.6 is 0 Å². The average Bonchev–Trinajstić information content (AvgIpc) is 2.88. The number of hydrogen-bond donors (Lipinski definition) is 2. The predicted molar refractivity (Wildman–Crippen MR) is 82.5 cm³/mol. The number of ether oxygens (including phenoxy) is 1. The Morgan fingerprint density at radius 1 is 1.43 bits per heavy atom. The molecule has 1 aromatic rings. The zero-order chi connectivity index (χ0) is 15.2. The standard InChI is InChI=1S/C17H25NO3/c1-12(2)11-21-16-5-3-4-14(9-16)17(20)18-10-13-6-7-15(19)8-13/h3-5,9,12-13,15,19H,6-8,10-11H2,1-2H3,(H,18,20). The molecule has 2 atom stereocenters. The van der Waals surface area contributed by atoms with E-state index in [4.69, 9.17) is 4.74 Å². The maximum Gasteiger partial charge on any atom is 0.251 e. The molecule has 1 aliphatic carbocycles. The van der Waals surface area contributed by atoms with Crippen LogP contribution in [0.3, 0.4) is 0 Å². The Morgan fingerprint density at radius 2 is 2.24 bits per heavy atom. The van der Waals surface area contributed by atoms with E-state index in [1.165, 1.54) is 0 Å². The van der Waals surface area contributed by atoms with Crippen LogP contribution in [0.15, 0.2) is 24.3 Å². The summed E-state index contributed by atoms with van der Waals surface area (Å²) in [7, 11) is 0. The quantitative estimate of drug-likeness (QED) is 0.847. The number of aliphatic hydroxyl groups excluding tert-OH is 1. The van der Waals surface area contributed by atoms with E-state index >= 15 is 0 Å². The molecule has 0 bridgehead atoms. The molecule has 0 aliphatic heterocycles. The van der Waals surface area contributed by atoms with Crippen molar-refractivity contribution in [1.29, 1.82) is 0 Å². The van der Waals surface area contributed by atoms with Crippen molar-refractivity contribution in [2.24, 2.45) is 11.8 Å². The van der Waals surface area contributed by atoms with Gasteiger partial charge in [0.1, 0.15) is 5.75 Å². The molecule has 1 aromatic carbocycles. The Morgan fingerprint density at radius 3 is 2.90 bits per heavy atom. The van der Waals surface area contributed by atoms with E-state index < -0.39 is 0 Å². The number of rotatable bonds is 6. The lowest BCUT2D eigenvalue weighted by molar-refractivity contribution is 0.0944. The summed E-state index contributed by atoms with van der Waals surface area (Å²) in [6.45, 7) is 5.46. The third-order valence-corrected chi connectivity index (χ3v) is 3.74. The van der Waals surface area contributed by atoms with Gasteiger partial charge in [0.15, 0.2) is 0 Å². The average molecular weight is 291 g/mol. The van der Waals surface area contributed by atoms with E-state index in [1.807, 2.05) is 12.1 Å². The van der Waals surface area contributed by atoms with Gasteiger partial charge in [-0.25, -0.2) is 0 Å². The van der Waals surface area contributed by atoms with E-state index in [0.29, 0.717) is 30.6 Å². The summed E-state index contributed by atoms with van der Waals surface area (Å²) in [5, 5.41) is 12.4. The molecule has 2 rings (SSSR count). The van der Waals surface area contributed by atoms with Crippen LogP contribution in [0.2, 0.25) is 0 Å². The van der Waals surface area contributed by atoms with Crippen LogP contribution in [-0.4, -0.2) is 30.3 Å². The van der Waals surface area contributed by atoms with Crippen molar-refractivity contribution < 1.29 is 14.6 Å². The fourth-order valence-electron chi connectivity index (χ4n) is 2.56. The maximum absolute atomic E-state index is 12.1. The van der Waals surface area contributed by atoms with Crippen LogP contribution in [0.25, 0.3) is 0 Å². The normalized spacial score (nSPS) is 21.5. The Labute approximate surface area is 126 Å². The lowest BCUT2D eigenvalue weighted by Crippen LogP contribution is -2.28. The number of carbonyl (C=O) groups excluding carboxylic acids is 1. The minimum atomic E-state index is -0.195. The number of hydrogen-bond acceptors (Lipinski definition) is 3. The molecule has 0 radical (unpaired) electrons. The molecular weight excluding hydrogens is 266 g/mol. The summed E-state index contributed by atoms with van der Waals surface area (Å²) >= 11 is 0. The van der Waals surface area contributed by atoms with Gasteiger partial charge in [0.2, 0.25) is 0 Å². The first-order valence-electron chi connectivity index (χ1n) is 7.73. The van der Waals surface area contributed by atoms with E-state index in [0.717, 1.165) is 25.0 Å². The molecular formula is C17H25NO3. The highest BCUT2D eigenvalue weighted by molar-refractivity contribution is 5.94. The van der Waals surface area contributed by atoms with Gasteiger partial charge < -0.3 is 15.2 Å². The van der Waals surface area contributed by atoms with Crippen LogP contribution in [-0.2, 0) is 0 Å². The molecule has 116 valence electrons. The van der Waals surface area contributed by atoms with Crippen LogP contribution in [0.1, 0.15) is 43.5 Å². The van der Waals surface area contributed by atoms with E-state index in [-0.39, 0.29) is 12.0 Å². The summed E-state index contributed by atoms with van der Waals surface area (Å²) in [5.74, 6) is 1.50. The zero-order valence-electron chi connectivity index (χ0n) is 12.8. The Bertz CT molecular complexity index is 473. The third-order valence-electron chi connectivity index (χ3n) is 3.74. The lowest BCUT2D eigenvalue weighted by Gasteiger charge is -2.12. The van der Waals surface area contributed by atoms with Crippen molar-refractivity contribution in [3.8, 4) is 5.75 Å². The smallest absolute Gasteiger partial charge is 0.251 e. The molecule has 4 heteroatoms. The second-order valence-electron chi connectivity index (χ2n) is 6.28. The highest BCUT2D eigenvalue weighted by Gasteiger charge is 2.23. The molecule has 4 nitrogen and oxygen atoms in total. The van der Waals surface area contributed by atoms with Crippen molar-refractivity contribution >= 4 is 5.91 Å². The van der Waals surface area contributed by atoms with Crippen LogP contribution < -0.4 is 10.1 Å². The van der Waals surface area contributed by atoms with Gasteiger partial charge in [-0.15, -0.1) is 0 Å². The number of aliphatic hydroxyl groups is 1. The monoisotopic (exact) mass is 291 g/mol. The number of carbonyl (C=O) groups is 1. The predicted octanol–water partition coefficient (Wildman–Crippen LogP) is 2.61. The summed E-state index contributed by atoms with van der Waals surface area (Å²) in [6, 6.07) is 7.28. The fourth-order valence-corrected chi connectivity index (χ4v) is 2.56. The molecule has 1 aliphatic rings. The zero-order valence-corrected chi connectivity index (χ0v) is 12.8. The maximum atomic E-state index is 12.1. The Balaban J connectivity index is 1.85. The highest BCUT2D eigenvalue weighted by atomic mass is 16.5. The fraction of sp³-hybridized carbons (Fsp3) is 0.588. The molecule has 0 heterocycles. The molecule has 0 spiro atoms. The largest absolute Gasteiger partial charge is 0.493 e. The SMILES string of the molecule is CC(C)COc1cccc(C(=O)NCC2CCC(O)C2)c1. The molecule has 0 saturated heterocycles. The van der Waals surface area contributed by atoms with E-state index in [2.05, 4.69) is 19.2 Å². The summed E-state index contributed by atoms with van der Waals surface area (Å²) in [4.78, 5) is 12.1. The molecule has 0 aromatic heterocycles. The number of amides is 1. The van der Waals surface area contributed by atoms with Crippen molar-refractivity contribution in [1.82, 2.24) is 5.32 Å². The number of nitrogens with one attached hydrogen (secondary N) is 1. The van der Waals surface area contributed by atoms with Gasteiger partial charge >= 0.3 is 0 Å². The van der Waals surface area contributed by atoms with E-state index in [9.17, 15) is 9.90 Å². The minimum absolute atomic E-state index is 0.0774. The molecule has 2 unspecified atom stereocenters. The lowest BCUT2D eigenvalue weighted by atomic mass is 10.1. The summed E-state index contributed by atoms with van der Waals surface area (Å²) in [5.41, 5.74) is 0.620. The van der Waals surface area contributed by atoms with Gasteiger partial charge in [-0.1, -0.05) is 19.9 Å². The topological polar surface area (TPSA) is 58.6 Å². The van der Waals surface area contributed by atoms with Crippen LogP contribution in [0.5, 0.6) is 5.75 Å². The van der Waals surface area contributed by atoms with E-state index in [1.54, 1.807) is 12.1 Å². The van der Waals surface area contributed by atoms with Crippen molar-refractivity contribution in [3.63, 3.8) is 0 Å². The van der Waals surface area contributed by atoms with Crippen molar-refractivity contribution in [2.75, 3.05) is 13.2 Å². The Kier molecular flexibility index (Phi) is 5.62. The molecule has 2 N–H and O–H groups in total. The van der Waals surface area contributed by atoms with Gasteiger partial charge in [0.05, 0.1) is 12.7 Å². The number of benzene rings is 1. The van der Waals surface area contributed by atoms with Crippen molar-refractivity contribution in [2.45, 2.75) is 39.2 Å². The minimum Gasteiger partial charge on any atom is -0.493 e. The molecule has 1 fully saturated rings. The Hall–Kier alpha value is -1.55. The van der Waals surface area contributed by atoms with Gasteiger partial charge in [-0.3, -0.25) is 4.79 Å². The second-order valence-corrected chi connectivity index (χ2v) is 6.28. The van der Waals surface area contributed by atoms with Gasteiger partial charge in [0.25, 0.3) is 5.91 Å². The molecule has 1 amide bonds. The second kappa shape index (κ2) is 7.46. The summed E-state index contributed by atoms with van der Waals surface area (Å²) < 4.78 is 5.64. The first-order chi connectivity index (χ1) is 10.0. The van der Waals surface area contributed by atoms with Gasteiger partial charge in [-0.05, 0) is 49.3 Å². The van der Waals surface area contributed by atoms with Gasteiger partial charge in [0, 0.05) is 12.1 Å². The van der Waals surface area contributed by atoms with Crippen LogP contribution in [0, 0.1) is 11.8 Å². The first kappa shape index (κ1) is 15.8. The highest BCUT2D eigenvalue weighted by Crippen LogP contribution is 2.24.